The van der Waals surface area contributed by atoms with Crippen molar-refractivity contribution in [2.45, 2.75) is 37.3 Å². The molecule has 8 nitrogen and oxygen atoms in total. The molecule has 5 rings (SSSR count). The number of hydrogen-bond acceptors (Lipinski definition) is 4. The molecule has 44 heavy (non-hydrogen) atoms. The topological polar surface area (TPSA) is 123 Å². The van der Waals surface area contributed by atoms with Gasteiger partial charge in [-0.2, -0.15) is 0 Å². The first kappa shape index (κ1) is 31.2. The molecule has 2 atom stereocenters. The van der Waals surface area contributed by atoms with Crippen molar-refractivity contribution in [3.63, 3.8) is 0 Å². The van der Waals surface area contributed by atoms with Gasteiger partial charge in [0.25, 0.3) is 5.91 Å². The van der Waals surface area contributed by atoms with Gasteiger partial charge in [0.15, 0.2) is 5.96 Å². The predicted octanol–water partition coefficient (Wildman–Crippen LogP) is 4.99. The zero-order valence-electron chi connectivity index (χ0n) is 24.6. The lowest BCUT2D eigenvalue weighted by Crippen LogP contribution is -2.49. The smallest absolute Gasteiger partial charge is 0.251 e. The van der Waals surface area contributed by atoms with Crippen molar-refractivity contribution in [2.75, 3.05) is 26.2 Å². The summed E-state index contributed by atoms with van der Waals surface area (Å²) in [6.45, 7) is 2.05. The molecule has 1 aliphatic heterocycles. The second kappa shape index (κ2) is 15.0. The van der Waals surface area contributed by atoms with Crippen LogP contribution in [0.5, 0.6) is 0 Å². The van der Waals surface area contributed by atoms with Gasteiger partial charge in [0.05, 0.1) is 6.04 Å². The van der Waals surface area contributed by atoms with E-state index < -0.39 is 6.04 Å². The molecular formula is C35H39BrN6O2. The number of guanidine groups is 1. The largest absolute Gasteiger partial charge is 0.370 e. The van der Waals surface area contributed by atoms with Crippen LogP contribution < -0.4 is 21.7 Å². The number of hydrogen-bond donors (Lipinski definition) is 5. The Morgan fingerprint density at radius 2 is 1.61 bits per heavy atom. The zero-order valence-corrected chi connectivity index (χ0v) is 26.2. The minimum Gasteiger partial charge on any atom is -0.370 e. The fraction of sp³-hybridized carbons (Fsp3) is 0.286. The van der Waals surface area contributed by atoms with Crippen molar-refractivity contribution in [2.24, 2.45) is 5.73 Å². The van der Waals surface area contributed by atoms with Crippen LogP contribution in [0.3, 0.4) is 0 Å². The highest BCUT2D eigenvalue weighted by molar-refractivity contribution is 9.10. The summed E-state index contributed by atoms with van der Waals surface area (Å²) < 4.78 is 0.996. The van der Waals surface area contributed by atoms with Crippen molar-refractivity contribution in [1.29, 1.82) is 5.41 Å². The van der Waals surface area contributed by atoms with Gasteiger partial charge in [-0.15, -0.1) is 0 Å². The number of fused-ring (bicyclic) bond motifs is 1. The van der Waals surface area contributed by atoms with Gasteiger partial charge in [0, 0.05) is 48.2 Å². The van der Waals surface area contributed by atoms with Crippen LogP contribution in [0.25, 0.3) is 10.8 Å². The Kier molecular flexibility index (Phi) is 10.6. The van der Waals surface area contributed by atoms with E-state index in [4.69, 9.17) is 11.1 Å². The molecule has 0 aliphatic carbocycles. The molecule has 0 aromatic heterocycles. The number of halogens is 1. The molecule has 1 aliphatic rings. The highest BCUT2D eigenvalue weighted by Crippen LogP contribution is 2.27. The first-order valence-electron chi connectivity index (χ1n) is 15.1. The van der Waals surface area contributed by atoms with Crippen molar-refractivity contribution >= 4 is 44.5 Å². The van der Waals surface area contributed by atoms with E-state index in [1.54, 1.807) is 0 Å². The number of rotatable bonds is 11. The van der Waals surface area contributed by atoms with Gasteiger partial charge < -0.3 is 26.6 Å². The maximum absolute atomic E-state index is 14.0. The van der Waals surface area contributed by atoms with E-state index in [2.05, 4.69) is 56.1 Å². The van der Waals surface area contributed by atoms with Gasteiger partial charge in [-0.3, -0.25) is 15.0 Å². The Morgan fingerprint density at radius 3 is 2.30 bits per heavy atom. The molecule has 0 bridgehead atoms. The summed E-state index contributed by atoms with van der Waals surface area (Å²) in [4.78, 5) is 29.1. The number of nitrogens with zero attached hydrogens (tertiary/aromatic N) is 1. The van der Waals surface area contributed by atoms with Crippen LogP contribution >= 0.6 is 15.9 Å². The lowest BCUT2D eigenvalue weighted by atomic mass is 9.90. The Hall–Kier alpha value is -4.21. The lowest BCUT2D eigenvalue weighted by Gasteiger charge is -2.29. The molecule has 228 valence electrons. The van der Waals surface area contributed by atoms with Crippen molar-refractivity contribution in [1.82, 2.24) is 20.9 Å². The molecule has 4 aromatic rings. The van der Waals surface area contributed by atoms with E-state index in [0.717, 1.165) is 26.4 Å². The monoisotopic (exact) mass is 654 g/mol. The molecule has 6 N–H and O–H groups in total. The Bertz CT molecular complexity index is 1540. The molecule has 2 amide bonds. The van der Waals surface area contributed by atoms with Gasteiger partial charge in [-0.1, -0.05) is 88.7 Å². The summed E-state index contributed by atoms with van der Waals surface area (Å²) >= 11 is 3.50. The highest BCUT2D eigenvalue weighted by atomic mass is 79.9. The Labute approximate surface area is 267 Å². The van der Waals surface area contributed by atoms with Crippen LogP contribution in [-0.2, 0) is 4.79 Å². The van der Waals surface area contributed by atoms with Crippen LogP contribution in [0, 0.1) is 5.41 Å². The standard InChI is InChI=1S/C35H39BrN6O2/c36-29-16-15-26-20-28(14-13-27(26)21-29)33(43)40-22-30-17-19-42(34(44)32(41-30)12-7-18-39-35(37)38)23-31(24-8-3-1-4-9-24)25-10-5-2-6-11-25/h1-6,8-11,13-16,20-21,30-32,41H,7,12,17-19,22-23H2,(H,40,43)(H4,37,38,39)/t30-,32-/m0/s1. The molecule has 9 heteroatoms. The van der Waals surface area contributed by atoms with E-state index in [9.17, 15) is 9.59 Å². The second-order valence-corrected chi connectivity index (χ2v) is 12.2. The maximum Gasteiger partial charge on any atom is 0.251 e. The molecule has 4 aromatic carbocycles. The fourth-order valence-electron chi connectivity index (χ4n) is 5.83. The van der Waals surface area contributed by atoms with Crippen LogP contribution in [0.2, 0.25) is 0 Å². The number of amides is 2. The molecule has 1 saturated heterocycles. The van der Waals surface area contributed by atoms with E-state index in [1.165, 1.54) is 0 Å². The number of benzene rings is 4. The number of carbonyl (C=O) groups excluding carboxylic acids is 2. The number of nitrogens with one attached hydrogen (secondary N) is 4. The summed E-state index contributed by atoms with van der Waals surface area (Å²) in [5.74, 6) is -0.132. The van der Waals surface area contributed by atoms with Crippen molar-refractivity contribution < 1.29 is 9.59 Å². The van der Waals surface area contributed by atoms with Gasteiger partial charge in [-0.05, 0) is 65.4 Å². The summed E-state index contributed by atoms with van der Waals surface area (Å²) in [7, 11) is 0. The first-order chi connectivity index (χ1) is 21.4. The maximum atomic E-state index is 14.0. The minimum atomic E-state index is -0.417. The predicted molar refractivity (Wildman–Crippen MR) is 180 cm³/mol. The number of carbonyl (C=O) groups is 2. The third kappa shape index (κ3) is 8.24. The third-order valence-electron chi connectivity index (χ3n) is 8.16. The van der Waals surface area contributed by atoms with E-state index in [0.29, 0.717) is 51.0 Å². The van der Waals surface area contributed by atoms with Crippen LogP contribution in [0.15, 0.2) is 102 Å². The van der Waals surface area contributed by atoms with E-state index >= 15 is 0 Å². The fourth-order valence-corrected chi connectivity index (χ4v) is 6.21. The Morgan fingerprint density at radius 1 is 0.955 bits per heavy atom. The van der Waals surface area contributed by atoms with Crippen LogP contribution in [0.1, 0.15) is 46.7 Å². The van der Waals surface area contributed by atoms with Crippen molar-refractivity contribution in [3.8, 4) is 0 Å². The summed E-state index contributed by atoms with van der Waals surface area (Å²) in [6, 6.07) is 31.8. The van der Waals surface area contributed by atoms with E-state index in [-0.39, 0.29) is 29.7 Å². The van der Waals surface area contributed by atoms with E-state index in [1.807, 2.05) is 77.7 Å². The molecule has 0 unspecified atom stereocenters. The van der Waals surface area contributed by atoms with Gasteiger partial charge >= 0.3 is 0 Å². The molecular weight excluding hydrogens is 616 g/mol. The van der Waals surface area contributed by atoms with Gasteiger partial charge in [0.1, 0.15) is 0 Å². The normalized spacial score (nSPS) is 17.0. The average molecular weight is 656 g/mol. The van der Waals surface area contributed by atoms with Gasteiger partial charge in [-0.25, -0.2) is 0 Å². The lowest BCUT2D eigenvalue weighted by molar-refractivity contribution is -0.133. The SMILES string of the molecule is N=C(N)NCCC[C@@H]1N[C@H](CNC(=O)c2ccc3cc(Br)ccc3c2)CCN(CC(c2ccccc2)c2ccccc2)C1=O. The second-order valence-electron chi connectivity index (χ2n) is 11.3. The summed E-state index contributed by atoms with van der Waals surface area (Å²) in [5.41, 5.74) is 8.40. The molecule has 0 radical (unpaired) electrons. The summed E-state index contributed by atoms with van der Waals surface area (Å²) in [5, 5.41) is 19.0. The summed E-state index contributed by atoms with van der Waals surface area (Å²) in [6.07, 6.45) is 1.96. The molecule has 0 spiro atoms. The molecule has 1 fully saturated rings. The third-order valence-corrected chi connectivity index (χ3v) is 8.65. The molecule has 0 saturated carbocycles. The van der Waals surface area contributed by atoms with Crippen LogP contribution in [-0.4, -0.2) is 60.9 Å². The highest BCUT2D eigenvalue weighted by Gasteiger charge is 2.32. The number of nitrogens with two attached hydrogens (primary N) is 1. The average Bonchev–Trinajstić information content (AvgIpc) is 3.19. The quantitative estimate of drug-likeness (QED) is 0.0886. The minimum absolute atomic E-state index is 0.0335. The Balaban J connectivity index is 1.30. The zero-order chi connectivity index (χ0) is 30.9. The first-order valence-corrected chi connectivity index (χ1v) is 15.9. The molecule has 1 heterocycles. The van der Waals surface area contributed by atoms with Gasteiger partial charge in [0.2, 0.25) is 5.91 Å². The van der Waals surface area contributed by atoms with Crippen LogP contribution in [0.4, 0.5) is 0 Å². The van der Waals surface area contributed by atoms with Crippen molar-refractivity contribution in [3.05, 3.63) is 118 Å².